The summed E-state index contributed by atoms with van der Waals surface area (Å²) in [5.41, 5.74) is 22.1. The van der Waals surface area contributed by atoms with Crippen LogP contribution in [0.3, 0.4) is 0 Å². The van der Waals surface area contributed by atoms with E-state index in [1.54, 1.807) is 6.07 Å². The summed E-state index contributed by atoms with van der Waals surface area (Å²) in [4.78, 5) is 4.91. The van der Waals surface area contributed by atoms with Crippen LogP contribution in [0.4, 0.5) is 0 Å². The Morgan fingerprint density at radius 2 is 0.577 bits per heavy atom. The Balaban J connectivity index is 0.892. The van der Waals surface area contributed by atoms with Gasteiger partial charge in [0.2, 0.25) is 0 Å². The molecule has 14 aromatic rings. The van der Waals surface area contributed by atoms with Crippen molar-refractivity contribution in [3.63, 3.8) is 0 Å². The van der Waals surface area contributed by atoms with Crippen molar-refractivity contribution >= 4 is 43.6 Å². The molecule has 0 amide bonds. The lowest BCUT2D eigenvalue weighted by atomic mass is 9.88. The summed E-state index contributed by atoms with van der Waals surface area (Å²) in [6.07, 6.45) is 3.82. The molecule has 5 heteroatoms. The van der Waals surface area contributed by atoms with Gasteiger partial charge in [-0.25, -0.2) is 0 Å². The van der Waals surface area contributed by atoms with Gasteiger partial charge in [0, 0.05) is 62.0 Å². The van der Waals surface area contributed by atoms with Gasteiger partial charge in [0.1, 0.15) is 12.1 Å². The van der Waals surface area contributed by atoms with Crippen molar-refractivity contribution in [3.8, 4) is 101 Å². The normalized spacial score (nSPS) is 11.3. The third-order valence-electron chi connectivity index (χ3n) is 15.3. The van der Waals surface area contributed by atoms with Gasteiger partial charge in [0.15, 0.2) is 0 Å². The van der Waals surface area contributed by atoms with E-state index in [2.05, 4.69) is 264 Å². The maximum atomic E-state index is 10.3. The van der Waals surface area contributed by atoms with Crippen LogP contribution in [0.15, 0.2) is 273 Å². The van der Waals surface area contributed by atoms with Gasteiger partial charge in [-0.3, -0.25) is 4.98 Å². The van der Waals surface area contributed by atoms with Crippen LogP contribution in [-0.4, -0.2) is 14.1 Å². The molecule has 14 rings (SSSR count). The molecular weight excluding hydrogens is 947 g/mol. The van der Waals surface area contributed by atoms with E-state index in [4.69, 9.17) is 4.98 Å². The second-order valence-electron chi connectivity index (χ2n) is 19.7. The van der Waals surface area contributed by atoms with Crippen LogP contribution in [0.25, 0.3) is 133 Å². The van der Waals surface area contributed by atoms with Crippen molar-refractivity contribution in [1.82, 2.24) is 14.1 Å². The first-order valence-electron chi connectivity index (χ1n) is 26.1. The average Bonchev–Trinajstić information content (AvgIpc) is 4.18. The summed E-state index contributed by atoms with van der Waals surface area (Å²) >= 11 is 0. The fourth-order valence-corrected chi connectivity index (χ4v) is 11.5. The minimum atomic E-state index is 0.323. The monoisotopic (exact) mass is 991 g/mol. The first-order valence-corrected chi connectivity index (χ1v) is 26.1. The van der Waals surface area contributed by atoms with Gasteiger partial charge in [-0.15, -0.1) is 0 Å². The second kappa shape index (κ2) is 19.1. The summed E-state index contributed by atoms with van der Waals surface area (Å²) < 4.78 is 4.72. The van der Waals surface area contributed by atoms with Crippen molar-refractivity contribution in [2.75, 3.05) is 0 Å². The van der Waals surface area contributed by atoms with E-state index in [1.807, 2.05) is 24.5 Å². The highest BCUT2D eigenvalue weighted by Crippen LogP contribution is 2.43. The molecule has 0 aliphatic rings. The lowest BCUT2D eigenvalue weighted by Crippen LogP contribution is -1.97. The van der Waals surface area contributed by atoms with Gasteiger partial charge in [0.05, 0.1) is 33.2 Å². The first kappa shape index (κ1) is 45.7. The van der Waals surface area contributed by atoms with Gasteiger partial charge >= 0.3 is 0 Å². The molecule has 0 fully saturated rings. The van der Waals surface area contributed by atoms with Crippen molar-refractivity contribution in [3.05, 3.63) is 284 Å². The molecule has 0 aliphatic carbocycles. The number of benzene rings is 11. The molecule has 0 aliphatic heterocycles. The largest absolute Gasteiger partial charge is 0.309 e. The van der Waals surface area contributed by atoms with Crippen LogP contribution >= 0.6 is 0 Å². The highest BCUT2D eigenvalue weighted by Gasteiger charge is 2.21. The Morgan fingerprint density at radius 1 is 0.269 bits per heavy atom. The molecule has 0 bridgehead atoms. The molecular formula is C73H45N5. The van der Waals surface area contributed by atoms with E-state index in [-0.39, 0.29) is 0 Å². The van der Waals surface area contributed by atoms with E-state index in [0.29, 0.717) is 11.1 Å². The summed E-state index contributed by atoms with van der Waals surface area (Å²) in [7, 11) is 0. The number of hydrogen-bond acceptors (Lipinski definition) is 3. The molecule has 5 nitrogen and oxygen atoms in total. The third kappa shape index (κ3) is 7.91. The van der Waals surface area contributed by atoms with Crippen LogP contribution in [-0.2, 0) is 0 Å². The molecule has 0 N–H and O–H groups in total. The second-order valence-corrected chi connectivity index (χ2v) is 19.7. The van der Waals surface area contributed by atoms with Crippen LogP contribution in [0.5, 0.6) is 0 Å². The van der Waals surface area contributed by atoms with E-state index in [1.165, 1.54) is 66.1 Å². The Kier molecular flexibility index (Phi) is 11.2. The SMILES string of the molecule is N#Cc1ccc(-c2c(-c3ccc(-n4c5ccc(-c6ccccc6)cc5c5cc(-c6ccccc6)ccc54)cc3)cncc2-c2ccc(-n3c4ccc(-c5ccccc5)cc4c4cc(-c5ccccc5)ccc43)cc2)cc1C#N. The Morgan fingerprint density at radius 3 is 0.897 bits per heavy atom. The first-order chi connectivity index (χ1) is 38.6. The van der Waals surface area contributed by atoms with Gasteiger partial charge in [0.25, 0.3) is 0 Å². The standard InChI is InChI=1S/C73H45N5/c74-44-59-22-21-58(39-60(59)45-75)73-67(52-23-31-61(32-24-52)77-69-35-27-54(48-13-5-1-6-14-48)40-63(69)64-41-55(28-36-70(64)77)49-15-7-2-8-16-49)46-76-47-68(73)53-25-33-62(34-26-53)78-71-37-29-56(50-17-9-3-10-18-50)42-65(71)66-43-57(30-38-72(66)78)51-19-11-4-12-20-51/h1-43,46-47H. The molecule has 362 valence electrons. The minimum Gasteiger partial charge on any atom is -0.309 e. The maximum absolute atomic E-state index is 10.3. The number of nitrogens with zero attached hydrogens (tertiary/aromatic N) is 5. The average molecular weight is 992 g/mol. The number of pyridine rings is 1. The zero-order chi connectivity index (χ0) is 52.1. The van der Waals surface area contributed by atoms with Crippen molar-refractivity contribution < 1.29 is 0 Å². The van der Waals surface area contributed by atoms with E-state index in [9.17, 15) is 10.5 Å². The minimum absolute atomic E-state index is 0.323. The Bertz CT molecular complexity index is 4240. The summed E-state index contributed by atoms with van der Waals surface area (Å²) in [5, 5.41) is 25.0. The number of rotatable bonds is 9. The quantitative estimate of drug-likeness (QED) is 0.145. The van der Waals surface area contributed by atoms with Gasteiger partial charge in [-0.05, 0) is 146 Å². The molecule has 3 aromatic heterocycles. The highest BCUT2D eigenvalue weighted by molar-refractivity contribution is 6.13. The number of hydrogen-bond donors (Lipinski definition) is 0. The molecule has 78 heavy (non-hydrogen) atoms. The third-order valence-corrected chi connectivity index (χ3v) is 15.3. The van der Waals surface area contributed by atoms with Crippen LogP contribution in [0.1, 0.15) is 11.1 Å². The summed E-state index contributed by atoms with van der Waals surface area (Å²) in [6.45, 7) is 0. The van der Waals surface area contributed by atoms with Crippen LogP contribution in [0.2, 0.25) is 0 Å². The lowest BCUT2D eigenvalue weighted by molar-refractivity contribution is 1.18. The molecule has 0 atom stereocenters. The summed E-state index contributed by atoms with van der Waals surface area (Å²) in [6, 6.07) is 96.8. The molecule has 11 aromatic carbocycles. The molecule has 0 spiro atoms. The number of fused-ring (bicyclic) bond motifs is 6. The molecule has 0 radical (unpaired) electrons. The van der Waals surface area contributed by atoms with Crippen molar-refractivity contribution in [2.24, 2.45) is 0 Å². The van der Waals surface area contributed by atoms with Crippen molar-refractivity contribution in [2.45, 2.75) is 0 Å². The predicted molar refractivity (Wildman–Crippen MR) is 320 cm³/mol. The Hall–Kier alpha value is -10.9. The molecule has 0 unspecified atom stereocenters. The highest BCUT2D eigenvalue weighted by atomic mass is 15.0. The fourth-order valence-electron chi connectivity index (χ4n) is 11.5. The topological polar surface area (TPSA) is 70.3 Å². The Labute approximate surface area is 451 Å². The zero-order valence-corrected chi connectivity index (χ0v) is 42.2. The molecule has 0 saturated carbocycles. The zero-order valence-electron chi connectivity index (χ0n) is 42.2. The molecule has 0 saturated heterocycles. The fraction of sp³-hybridized carbons (Fsp3) is 0. The van der Waals surface area contributed by atoms with Gasteiger partial charge < -0.3 is 9.13 Å². The van der Waals surface area contributed by atoms with Gasteiger partial charge in [-0.2, -0.15) is 10.5 Å². The predicted octanol–water partition coefficient (Wildman–Crippen LogP) is 18.7. The summed E-state index contributed by atoms with van der Waals surface area (Å²) in [5.74, 6) is 0. The molecule has 3 heterocycles. The maximum Gasteiger partial charge on any atom is 0.101 e. The lowest BCUT2D eigenvalue weighted by Gasteiger charge is -2.17. The number of aromatic nitrogens is 3. The van der Waals surface area contributed by atoms with Crippen LogP contribution < -0.4 is 0 Å². The van der Waals surface area contributed by atoms with Crippen molar-refractivity contribution in [1.29, 1.82) is 10.5 Å². The number of nitriles is 2. The van der Waals surface area contributed by atoms with E-state index < -0.39 is 0 Å². The van der Waals surface area contributed by atoms with E-state index >= 15 is 0 Å². The van der Waals surface area contributed by atoms with E-state index in [0.717, 1.165) is 66.8 Å². The van der Waals surface area contributed by atoms with Crippen LogP contribution in [0, 0.1) is 22.7 Å². The van der Waals surface area contributed by atoms with Gasteiger partial charge in [-0.1, -0.05) is 176 Å². The smallest absolute Gasteiger partial charge is 0.101 e.